The quantitative estimate of drug-likeness (QED) is 0.331. The van der Waals surface area contributed by atoms with E-state index in [1.807, 2.05) is 18.2 Å². The van der Waals surface area contributed by atoms with Crippen LogP contribution in [0.4, 0.5) is 5.69 Å². The molecule has 2 aromatic carbocycles. The summed E-state index contributed by atoms with van der Waals surface area (Å²) in [6.45, 7) is 3.46. The summed E-state index contributed by atoms with van der Waals surface area (Å²) in [5.74, 6) is 2.11. The van der Waals surface area contributed by atoms with Crippen molar-refractivity contribution in [1.82, 2.24) is 24.9 Å². The first-order chi connectivity index (χ1) is 17.0. The van der Waals surface area contributed by atoms with Gasteiger partial charge < -0.3 is 14.6 Å². The lowest BCUT2D eigenvalue weighted by Gasteiger charge is -2.10. The van der Waals surface area contributed by atoms with Crippen molar-refractivity contribution < 1.29 is 14.1 Å². The number of anilines is 1. The van der Waals surface area contributed by atoms with Crippen LogP contribution in [0.3, 0.4) is 0 Å². The zero-order valence-electron chi connectivity index (χ0n) is 18.8. The molecule has 0 saturated heterocycles. The first kappa shape index (κ1) is 22.3. The molecule has 0 fully saturated rings. The van der Waals surface area contributed by atoms with Crippen LogP contribution >= 0.6 is 11.6 Å². The van der Waals surface area contributed by atoms with Crippen LogP contribution < -0.4 is 10.1 Å². The average molecular weight is 487 g/mol. The first-order valence-electron chi connectivity index (χ1n) is 10.6. The van der Waals surface area contributed by atoms with E-state index in [-0.39, 0.29) is 5.91 Å². The Morgan fingerprint density at radius 1 is 1.06 bits per heavy atom. The minimum atomic E-state index is -0.359. The second-order valence-electron chi connectivity index (χ2n) is 7.59. The molecule has 0 bridgehead atoms. The van der Waals surface area contributed by atoms with Crippen molar-refractivity contribution in [3.05, 3.63) is 95.2 Å². The van der Waals surface area contributed by atoms with Gasteiger partial charge in [0.1, 0.15) is 28.6 Å². The van der Waals surface area contributed by atoms with Gasteiger partial charge in [0.15, 0.2) is 5.82 Å². The van der Waals surface area contributed by atoms with Gasteiger partial charge in [-0.05, 0) is 50.2 Å². The average Bonchev–Trinajstić information content (AvgIpc) is 3.51. The third-order valence-electron chi connectivity index (χ3n) is 5.09. The van der Waals surface area contributed by atoms with E-state index in [0.717, 1.165) is 0 Å². The molecule has 5 rings (SSSR count). The molecular formula is C25H19ClN6O3. The van der Waals surface area contributed by atoms with Crippen molar-refractivity contribution in [2.24, 2.45) is 0 Å². The molecule has 0 saturated carbocycles. The van der Waals surface area contributed by atoms with Gasteiger partial charge in [-0.2, -0.15) is 10.1 Å². The number of rotatable bonds is 6. The highest BCUT2D eigenvalue weighted by molar-refractivity contribution is 6.33. The second-order valence-corrected chi connectivity index (χ2v) is 7.99. The monoisotopic (exact) mass is 486 g/mol. The maximum absolute atomic E-state index is 13.1. The highest BCUT2D eigenvalue weighted by Gasteiger charge is 2.23. The molecule has 10 heteroatoms. The molecule has 0 spiro atoms. The molecule has 5 aromatic rings. The SMILES string of the molecule is Cc1nc(Oc2ccc(NC(=O)c3c(-c4ccccc4Cl)noc3C)cc2)cc(-n2cccn2)n1. The van der Waals surface area contributed by atoms with E-state index >= 15 is 0 Å². The number of carbonyl (C=O) groups is 1. The third-order valence-corrected chi connectivity index (χ3v) is 5.42. The molecule has 1 N–H and O–H groups in total. The molecule has 0 aliphatic carbocycles. The van der Waals surface area contributed by atoms with Crippen molar-refractivity contribution in [1.29, 1.82) is 0 Å². The Morgan fingerprint density at radius 3 is 2.60 bits per heavy atom. The number of aromatic nitrogens is 5. The van der Waals surface area contributed by atoms with Crippen LogP contribution in [-0.4, -0.2) is 30.8 Å². The van der Waals surface area contributed by atoms with Crippen molar-refractivity contribution in [2.75, 3.05) is 5.32 Å². The smallest absolute Gasteiger partial charge is 0.261 e. The molecule has 0 atom stereocenters. The molecule has 3 aromatic heterocycles. The summed E-state index contributed by atoms with van der Waals surface area (Å²) >= 11 is 6.30. The Morgan fingerprint density at radius 2 is 1.86 bits per heavy atom. The lowest BCUT2D eigenvalue weighted by Crippen LogP contribution is -2.13. The lowest BCUT2D eigenvalue weighted by molar-refractivity contribution is 0.102. The van der Waals surface area contributed by atoms with Crippen LogP contribution in [0.1, 0.15) is 21.9 Å². The molecule has 0 aliphatic rings. The topological polar surface area (TPSA) is 108 Å². The summed E-state index contributed by atoms with van der Waals surface area (Å²) in [5.41, 5.74) is 1.90. The van der Waals surface area contributed by atoms with E-state index in [9.17, 15) is 4.79 Å². The van der Waals surface area contributed by atoms with Gasteiger partial charge in [0.2, 0.25) is 5.88 Å². The number of nitrogens with one attached hydrogen (secondary N) is 1. The van der Waals surface area contributed by atoms with Gasteiger partial charge in [0.25, 0.3) is 5.91 Å². The fraction of sp³-hybridized carbons (Fsp3) is 0.0800. The van der Waals surface area contributed by atoms with Gasteiger partial charge in [-0.3, -0.25) is 4.79 Å². The van der Waals surface area contributed by atoms with Gasteiger partial charge in [-0.15, -0.1) is 0 Å². The second kappa shape index (κ2) is 9.40. The molecule has 9 nitrogen and oxygen atoms in total. The predicted molar refractivity (Wildman–Crippen MR) is 130 cm³/mol. The van der Waals surface area contributed by atoms with Gasteiger partial charge in [-0.25, -0.2) is 9.67 Å². The summed E-state index contributed by atoms with van der Waals surface area (Å²) < 4.78 is 12.8. The first-order valence-corrected chi connectivity index (χ1v) is 11.0. The zero-order chi connectivity index (χ0) is 24.4. The number of hydrogen-bond donors (Lipinski definition) is 1. The number of aryl methyl sites for hydroxylation is 2. The van der Waals surface area contributed by atoms with Gasteiger partial charge >= 0.3 is 0 Å². The van der Waals surface area contributed by atoms with Gasteiger partial charge in [0, 0.05) is 29.7 Å². The molecule has 3 heterocycles. The molecule has 174 valence electrons. The highest BCUT2D eigenvalue weighted by atomic mass is 35.5. The number of hydrogen-bond acceptors (Lipinski definition) is 7. The normalized spacial score (nSPS) is 10.8. The number of benzene rings is 2. The predicted octanol–water partition coefficient (Wildman–Crippen LogP) is 5.63. The Kier molecular flexibility index (Phi) is 5.99. The molecule has 35 heavy (non-hydrogen) atoms. The third kappa shape index (κ3) is 4.75. The van der Waals surface area contributed by atoms with Crippen LogP contribution in [0.25, 0.3) is 17.1 Å². The van der Waals surface area contributed by atoms with Crippen molar-refractivity contribution in [2.45, 2.75) is 13.8 Å². The van der Waals surface area contributed by atoms with E-state index < -0.39 is 0 Å². The fourth-order valence-corrected chi connectivity index (χ4v) is 3.72. The number of halogens is 1. The minimum Gasteiger partial charge on any atom is -0.439 e. The van der Waals surface area contributed by atoms with Gasteiger partial charge in [-0.1, -0.05) is 35.0 Å². The number of amides is 1. The summed E-state index contributed by atoms with van der Waals surface area (Å²) in [5, 5.41) is 11.6. The van der Waals surface area contributed by atoms with Gasteiger partial charge in [0.05, 0.1) is 5.02 Å². The summed E-state index contributed by atoms with van der Waals surface area (Å²) in [4.78, 5) is 21.8. The fourth-order valence-electron chi connectivity index (χ4n) is 3.50. The van der Waals surface area contributed by atoms with Crippen LogP contribution in [0.2, 0.25) is 5.02 Å². The summed E-state index contributed by atoms with van der Waals surface area (Å²) in [6.07, 6.45) is 3.46. The van der Waals surface area contributed by atoms with E-state index in [0.29, 0.717) is 56.6 Å². The molecule has 0 radical (unpaired) electrons. The standard InChI is InChI=1S/C25H19ClN6O3/c1-15-23(24(31-35-15)19-6-3-4-7-20(19)26)25(33)30-17-8-10-18(11-9-17)34-22-14-21(28-16(2)29-22)32-13-5-12-27-32/h3-14H,1-2H3,(H,30,33). The van der Waals surface area contributed by atoms with Crippen molar-refractivity contribution in [3.63, 3.8) is 0 Å². The maximum Gasteiger partial charge on any atom is 0.261 e. The van der Waals surface area contributed by atoms with E-state index in [4.69, 9.17) is 20.9 Å². The van der Waals surface area contributed by atoms with Crippen molar-refractivity contribution >= 4 is 23.2 Å². The van der Waals surface area contributed by atoms with Crippen LogP contribution in [0.15, 0.2) is 77.6 Å². The minimum absolute atomic E-state index is 0.320. The molecule has 1 amide bonds. The summed E-state index contributed by atoms with van der Waals surface area (Å²) in [7, 11) is 0. The molecule has 0 unspecified atom stereocenters. The van der Waals surface area contributed by atoms with Crippen LogP contribution in [0, 0.1) is 13.8 Å². The number of carbonyl (C=O) groups excluding carboxylic acids is 1. The lowest BCUT2D eigenvalue weighted by atomic mass is 10.1. The number of nitrogens with zero attached hydrogens (tertiary/aromatic N) is 5. The Hall–Kier alpha value is -4.50. The Bertz CT molecular complexity index is 1500. The van der Waals surface area contributed by atoms with E-state index in [1.165, 1.54) is 0 Å². The highest BCUT2D eigenvalue weighted by Crippen LogP contribution is 2.31. The largest absolute Gasteiger partial charge is 0.439 e. The van der Waals surface area contributed by atoms with E-state index in [1.54, 1.807) is 73.4 Å². The van der Waals surface area contributed by atoms with Crippen LogP contribution in [-0.2, 0) is 0 Å². The van der Waals surface area contributed by atoms with E-state index in [2.05, 4.69) is 25.5 Å². The molecular weight excluding hydrogens is 468 g/mol. The number of ether oxygens (including phenoxy) is 1. The summed E-state index contributed by atoms with van der Waals surface area (Å²) in [6, 6.07) is 17.6. The Labute approximate surface area is 205 Å². The van der Waals surface area contributed by atoms with Crippen molar-refractivity contribution in [3.8, 4) is 28.7 Å². The zero-order valence-corrected chi connectivity index (χ0v) is 19.5. The van der Waals surface area contributed by atoms with Crippen LogP contribution in [0.5, 0.6) is 11.6 Å². The Balaban J connectivity index is 1.33. The molecule has 0 aliphatic heterocycles. The maximum atomic E-state index is 13.1.